The zero-order valence-electron chi connectivity index (χ0n) is 10.0. The smallest absolute Gasteiger partial charge is 0.252 e. The third-order valence-electron chi connectivity index (χ3n) is 3.18. The van der Waals surface area contributed by atoms with Gasteiger partial charge < -0.3 is 5.32 Å². The Hall–Kier alpha value is -0.480. The van der Waals surface area contributed by atoms with Crippen molar-refractivity contribution >= 4 is 33.6 Å². The van der Waals surface area contributed by atoms with Crippen LogP contribution in [0.25, 0.3) is 0 Å². The molecule has 1 aromatic rings. The summed E-state index contributed by atoms with van der Waals surface area (Å²) in [4.78, 5) is 12.0. The minimum absolute atomic E-state index is 0.0113. The Morgan fingerprint density at radius 3 is 2.76 bits per heavy atom. The summed E-state index contributed by atoms with van der Waals surface area (Å²) in [6.07, 6.45) is 4.54. The lowest BCUT2D eigenvalue weighted by Crippen LogP contribution is -2.31. The van der Waals surface area contributed by atoms with Crippen LogP contribution in [0.15, 0.2) is 22.7 Å². The molecule has 4 heteroatoms. The second-order valence-corrected chi connectivity index (χ2v) is 6.68. The fraction of sp³-hybridized carbons (Fsp3) is 0.462. The van der Waals surface area contributed by atoms with Crippen LogP contribution in [-0.2, 0) is 0 Å². The molecule has 0 aliphatic heterocycles. The van der Waals surface area contributed by atoms with Gasteiger partial charge in [0.05, 0.1) is 5.56 Å². The molecule has 92 valence electrons. The van der Waals surface area contributed by atoms with E-state index in [1.54, 1.807) is 0 Å². The molecule has 17 heavy (non-hydrogen) atoms. The molecule has 0 radical (unpaired) electrons. The Balaban J connectivity index is 2.00. The normalized spacial score (nSPS) is 16.6. The Bertz CT molecular complexity index is 443. The Morgan fingerprint density at radius 2 is 2.24 bits per heavy atom. The average Bonchev–Trinajstić information content (AvgIpc) is 3.07. The summed E-state index contributed by atoms with van der Waals surface area (Å²) in [6.45, 7) is 2.78. The van der Waals surface area contributed by atoms with E-state index >= 15 is 0 Å². The third kappa shape index (κ3) is 3.05. The number of hydrogen-bond donors (Lipinski definition) is 1. The fourth-order valence-corrected chi connectivity index (χ4v) is 3.13. The fourth-order valence-electron chi connectivity index (χ4n) is 1.73. The van der Waals surface area contributed by atoms with E-state index in [1.165, 1.54) is 12.8 Å². The number of nitrogens with one attached hydrogen (secondary N) is 1. The molecule has 0 heterocycles. The zero-order valence-corrected chi connectivity index (χ0v) is 12.5. The summed E-state index contributed by atoms with van der Waals surface area (Å²) in [5.41, 5.74) is 1.86. The van der Waals surface area contributed by atoms with Gasteiger partial charge in [0.2, 0.25) is 0 Å². The van der Waals surface area contributed by atoms with Gasteiger partial charge in [-0.15, -0.1) is 0 Å². The lowest BCUT2D eigenvalue weighted by Gasteiger charge is -2.13. The van der Waals surface area contributed by atoms with Gasteiger partial charge in [0.25, 0.3) is 5.91 Å². The SMILES string of the molecule is CSC1(CNC(=O)c2ccc(C)cc2Br)CC1. The number of carbonyl (C=O) groups is 1. The molecule has 1 aliphatic carbocycles. The molecule has 1 aromatic carbocycles. The largest absolute Gasteiger partial charge is 0.351 e. The first-order chi connectivity index (χ1) is 8.06. The molecular formula is C13H16BrNOS. The first kappa shape index (κ1) is 13.0. The van der Waals surface area contributed by atoms with Crippen molar-refractivity contribution in [3.05, 3.63) is 33.8 Å². The number of benzene rings is 1. The maximum absolute atomic E-state index is 12.0. The molecule has 0 atom stereocenters. The zero-order chi connectivity index (χ0) is 12.5. The molecule has 0 spiro atoms. The van der Waals surface area contributed by atoms with Crippen molar-refractivity contribution < 1.29 is 4.79 Å². The second-order valence-electron chi connectivity index (χ2n) is 4.55. The van der Waals surface area contributed by atoms with Crippen molar-refractivity contribution in [1.82, 2.24) is 5.32 Å². The van der Waals surface area contributed by atoms with Crippen LogP contribution in [-0.4, -0.2) is 23.5 Å². The van der Waals surface area contributed by atoms with Crippen molar-refractivity contribution in [2.24, 2.45) is 0 Å². The Labute approximate surface area is 115 Å². The number of thioether (sulfide) groups is 1. The summed E-state index contributed by atoms with van der Waals surface area (Å²) < 4.78 is 1.18. The minimum Gasteiger partial charge on any atom is -0.351 e. The van der Waals surface area contributed by atoms with Crippen LogP contribution in [0.4, 0.5) is 0 Å². The molecule has 0 unspecified atom stereocenters. The van der Waals surface area contributed by atoms with E-state index in [0.717, 1.165) is 16.6 Å². The molecule has 1 N–H and O–H groups in total. The van der Waals surface area contributed by atoms with Gasteiger partial charge in [-0.05, 0) is 59.6 Å². The van der Waals surface area contributed by atoms with E-state index < -0.39 is 0 Å². The van der Waals surface area contributed by atoms with E-state index in [9.17, 15) is 4.79 Å². The highest BCUT2D eigenvalue weighted by Gasteiger charge is 2.41. The molecule has 0 saturated heterocycles. The lowest BCUT2D eigenvalue weighted by molar-refractivity contribution is 0.0952. The van der Waals surface area contributed by atoms with E-state index in [4.69, 9.17) is 0 Å². The van der Waals surface area contributed by atoms with Gasteiger partial charge in [-0.1, -0.05) is 6.07 Å². The lowest BCUT2D eigenvalue weighted by atomic mass is 10.1. The molecule has 1 saturated carbocycles. The number of rotatable bonds is 4. The van der Waals surface area contributed by atoms with Gasteiger partial charge >= 0.3 is 0 Å². The quantitative estimate of drug-likeness (QED) is 0.923. The average molecular weight is 314 g/mol. The molecule has 2 rings (SSSR count). The Morgan fingerprint density at radius 1 is 1.53 bits per heavy atom. The highest BCUT2D eigenvalue weighted by molar-refractivity contribution is 9.10. The predicted molar refractivity (Wildman–Crippen MR) is 76.7 cm³/mol. The van der Waals surface area contributed by atoms with Crippen molar-refractivity contribution in [3.63, 3.8) is 0 Å². The monoisotopic (exact) mass is 313 g/mol. The predicted octanol–water partition coefficient (Wildman–Crippen LogP) is 3.38. The number of amides is 1. The van der Waals surface area contributed by atoms with Gasteiger partial charge in [0.1, 0.15) is 0 Å². The van der Waals surface area contributed by atoms with Gasteiger partial charge in [0.15, 0.2) is 0 Å². The van der Waals surface area contributed by atoms with Crippen molar-refractivity contribution in [2.45, 2.75) is 24.5 Å². The van der Waals surface area contributed by atoms with Crippen LogP contribution in [0.2, 0.25) is 0 Å². The number of carbonyl (C=O) groups excluding carboxylic acids is 1. The number of hydrogen-bond acceptors (Lipinski definition) is 2. The van der Waals surface area contributed by atoms with E-state index in [1.807, 2.05) is 36.9 Å². The van der Waals surface area contributed by atoms with E-state index in [-0.39, 0.29) is 5.91 Å². The van der Waals surface area contributed by atoms with Crippen LogP contribution in [0.5, 0.6) is 0 Å². The van der Waals surface area contributed by atoms with Gasteiger partial charge in [-0.3, -0.25) is 4.79 Å². The molecule has 1 amide bonds. The minimum atomic E-state index is 0.0113. The van der Waals surface area contributed by atoms with Crippen molar-refractivity contribution in [1.29, 1.82) is 0 Å². The summed E-state index contributed by atoms with van der Waals surface area (Å²) in [7, 11) is 0. The van der Waals surface area contributed by atoms with Crippen LogP contribution in [0, 0.1) is 6.92 Å². The highest BCUT2D eigenvalue weighted by atomic mass is 79.9. The van der Waals surface area contributed by atoms with Crippen LogP contribution in [0.1, 0.15) is 28.8 Å². The maximum atomic E-state index is 12.0. The first-order valence-electron chi connectivity index (χ1n) is 5.66. The molecular weight excluding hydrogens is 298 g/mol. The number of aryl methyl sites for hydroxylation is 1. The summed E-state index contributed by atoms with van der Waals surface area (Å²) in [5.74, 6) is 0.0113. The van der Waals surface area contributed by atoms with Crippen LogP contribution in [0.3, 0.4) is 0 Å². The third-order valence-corrected chi connectivity index (χ3v) is 5.26. The highest BCUT2D eigenvalue weighted by Crippen LogP contribution is 2.46. The van der Waals surface area contributed by atoms with Gasteiger partial charge in [-0.2, -0.15) is 11.8 Å². The maximum Gasteiger partial charge on any atom is 0.252 e. The molecule has 0 bridgehead atoms. The summed E-state index contributed by atoms with van der Waals surface area (Å²) in [6, 6.07) is 5.80. The van der Waals surface area contributed by atoms with E-state index in [2.05, 4.69) is 27.5 Å². The molecule has 1 aliphatic rings. The van der Waals surface area contributed by atoms with Gasteiger partial charge in [0, 0.05) is 15.8 Å². The standard InChI is InChI=1S/C13H16BrNOS/c1-9-3-4-10(11(14)7-9)12(16)15-8-13(17-2)5-6-13/h3-4,7H,5-6,8H2,1-2H3,(H,15,16). The first-order valence-corrected chi connectivity index (χ1v) is 7.68. The second kappa shape index (κ2) is 5.02. The Kier molecular flexibility index (Phi) is 3.83. The van der Waals surface area contributed by atoms with Crippen molar-refractivity contribution in [2.75, 3.05) is 12.8 Å². The van der Waals surface area contributed by atoms with Crippen LogP contribution < -0.4 is 5.32 Å². The van der Waals surface area contributed by atoms with E-state index in [0.29, 0.717) is 10.3 Å². The molecule has 1 fully saturated rings. The topological polar surface area (TPSA) is 29.1 Å². The molecule has 0 aromatic heterocycles. The van der Waals surface area contributed by atoms with Crippen molar-refractivity contribution in [3.8, 4) is 0 Å². The number of halogens is 1. The van der Waals surface area contributed by atoms with Crippen LogP contribution >= 0.6 is 27.7 Å². The summed E-state index contributed by atoms with van der Waals surface area (Å²) >= 11 is 5.29. The van der Waals surface area contributed by atoms with Gasteiger partial charge in [-0.25, -0.2) is 0 Å². The summed E-state index contributed by atoms with van der Waals surface area (Å²) in [5, 5.41) is 3.02. The molecule has 2 nitrogen and oxygen atoms in total.